The molecule has 3 N–H and O–H groups in total. The lowest BCUT2D eigenvalue weighted by atomic mass is 9.95. The van der Waals surface area contributed by atoms with Crippen LogP contribution in [-0.2, 0) is 5.41 Å². The molecule has 0 amide bonds. The van der Waals surface area contributed by atoms with Gasteiger partial charge in [-0.15, -0.1) is 0 Å². The lowest BCUT2D eigenvalue weighted by Crippen LogP contribution is -2.25. The zero-order valence-electron chi connectivity index (χ0n) is 12.4. The Bertz CT molecular complexity index is 666. The van der Waals surface area contributed by atoms with Crippen molar-refractivity contribution in [2.24, 2.45) is 0 Å². The van der Waals surface area contributed by atoms with Crippen molar-refractivity contribution in [3.8, 4) is 0 Å². The van der Waals surface area contributed by atoms with E-state index in [0.717, 1.165) is 0 Å². The van der Waals surface area contributed by atoms with Crippen LogP contribution in [0.4, 0.5) is 0 Å². The first-order valence-electron chi connectivity index (χ1n) is 6.77. The van der Waals surface area contributed by atoms with Crippen molar-refractivity contribution in [1.29, 1.82) is 0 Å². The third-order valence-corrected chi connectivity index (χ3v) is 3.39. The predicted octanol–water partition coefficient (Wildman–Crippen LogP) is 1.56. The maximum Gasteiger partial charge on any atom is 0.335 e. The fourth-order valence-corrected chi connectivity index (χ4v) is 2.35. The average molecular weight is 292 g/mol. The molecule has 0 unspecified atom stereocenters. The molecule has 1 aromatic heterocycles. The number of rotatable bonds is 4. The summed E-state index contributed by atoms with van der Waals surface area (Å²) >= 11 is 0. The summed E-state index contributed by atoms with van der Waals surface area (Å²) in [6, 6.07) is 4.18. The van der Waals surface area contributed by atoms with Gasteiger partial charge >= 0.3 is 5.97 Å². The van der Waals surface area contributed by atoms with Crippen LogP contribution in [0.1, 0.15) is 43.0 Å². The second-order valence-electron chi connectivity index (χ2n) is 6.08. The van der Waals surface area contributed by atoms with Crippen molar-refractivity contribution in [2.75, 3.05) is 13.2 Å². The maximum atomic E-state index is 11.1. The highest BCUT2D eigenvalue weighted by Gasteiger charge is 2.26. The highest BCUT2D eigenvalue weighted by atomic mass is 16.4. The molecule has 6 heteroatoms. The standard InChI is InChI=1S/C15H20N2O4/c1-15(2,3)14-16-11-6-9(13(20)21)4-5-12(11)17(14)10(7-18)8-19/h4-6,10,18-19H,7-8H2,1-3H3,(H,20,21). The Balaban J connectivity index is 2.75. The van der Waals surface area contributed by atoms with Gasteiger partial charge in [-0.05, 0) is 18.2 Å². The summed E-state index contributed by atoms with van der Waals surface area (Å²) in [5.41, 5.74) is 1.12. The maximum absolute atomic E-state index is 11.1. The summed E-state index contributed by atoms with van der Waals surface area (Å²) in [6.45, 7) is 5.51. The number of carbonyl (C=O) groups is 1. The second kappa shape index (κ2) is 5.46. The number of hydrogen-bond donors (Lipinski definition) is 3. The van der Waals surface area contributed by atoms with Crippen LogP contribution in [0.5, 0.6) is 0 Å². The molecule has 2 rings (SSSR count). The van der Waals surface area contributed by atoms with Crippen molar-refractivity contribution >= 4 is 17.0 Å². The van der Waals surface area contributed by atoms with E-state index in [-0.39, 0.29) is 24.2 Å². The molecule has 0 saturated heterocycles. The number of aliphatic hydroxyl groups is 2. The summed E-state index contributed by atoms with van der Waals surface area (Å²) in [6.07, 6.45) is 0. The van der Waals surface area contributed by atoms with Gasteiger partial charge in [0, 0.05) is 5.41 Å². The Morgan fingerprint density at radius 2 is 1.90 bits per heavy atom. The van der Waals surface area contributed by atoms with E-state index in [9.17, 15) is 15.0 Å². The summed E-state index contributed by atoms with van der Waals surface area (Å²) < 4.78 is 1.79. The van der Waals surface area contributed by atoms with Gasteiger partial charge in [0.25, 0.3) is 0 Å². The molecule has 1 aromatic carbocycles. The molecule has 2 aromatic rings. The van der Waals surface area contributed by atoms with Crippen molar-refractivity contribution in [1.82, 2.24) is 9.55 Å². The number of carboxylic acid groups (broad SMARTS) is 1. The van der Waals surface area contributed by atoms with Crippen LogP contribution in [0.2, 0.25) is 0 Å². The van der Waals surface area contributed by atoms with E-state index in [1.807, 2.05) is 20.8 Å². The minimum atomic E-state index is -1.01. The number of imidazole rings is 1. The molecular weight excluding hydrogens is 272 g/mol. The van der Waals surface area contributed by atoms with Crippen LogP contribution >= 0.6 is 0 Å². The monoisotopic (exact) mass is 292 g/mol. The minimum Gasteiger partial charge on any atom is -0.478 e. The van der Waals surface area contributed by atoms with E-state index in [2.05, 4.69) is 4.98 Å². The van der Waals surface area contributed by atoms with Gasteiger partial charge in [-0.1, -0.05) is 20.8 Å². The molecule has 21 heavy (non-hydrogen) atoms. The first-order valence-corrected chi connectivity index (χ1v) is 6.77. The molecular formula is C15H20N2O4. The normalized spacial score (nSPS) is 12.3. The number of hydrogen-bond acceptors (Lipinski definition) is 4. The molecule has 114 valence electrons. The number of aromatic nitrogens is 2. The van der Waals surface area contributed by atoms with Crippen LogP contribution in [0.25, 0.3) is 11.0 Å². The second-order valence-corrected chi connectivity index (χ2v) is 6.08. The van der Waals surface area contributed by atoms with E-state index in [0.29, 0.717) is 16.9 Å². The van der Waals surface area contributed by atoms with Crippen molar-refractivity contribution in [3.63, 3.8) is 0 Å². The average Bonchev–Trinajstić information content (AvgIpc) is 2.79. The molecule has 0 bridgehead atoms. The Hall–Kier alpha value is -1.92. The predicted molar refractivity (Wildman–Crippen MR) is 78.6 cm³/mol. The molecule has 0 aliphatic rings. The molecule has 6 nitrogen and oxygen atoms in total. The minimum absolute atomic E-state index is 0.164. The smallest absolute Gasteiger partial charge is 0.335 e. The van der Waals surface area contributed by atoms with E-state index in [1.165, 1.54) is 12.1 Å². The number of aromatic carboxylic acids is 1. The third-order valence-electron chi connectivity index (χ3n) is 3.39. The summed E-state index contributed by atoms with van der Waals surface area (Å²) in [5.74, 6) is -0.308. The van der Waals surface area contributed by atoms with Gasteiger partial charge < -0.3 is 19.9 Å². The van der Waals surface area contributed by atoms with Gasteiger partial charge in [0.1, 0.15) is 5.82 Å². The summed E-state index contributed by atoms with van der Waals surface area (Å²) in [7, 11) is 0. The first kappa shape index (κ1) is 15.5. The SMILES string of the molecule is CC(C)(C)c1nc2cc(C(=O)O)ccc2n1C(CO)CO. The molecule has 0 spiro atoms. The Morgan fingerprint density at radius 1 is 1.29 bits per heavy atom. The fraction of sp³-hybridized carbons (Fsp3) is 0.467. The largest absolute Gasteiger partial charge is 0.478 e. The van der Waals surface area contributed by atoms with Crippen LogP contribution in [0.15, 0.2) is 18.2 Å². The van der Waals surface area contributed by atoms with Gasteiger partial charge in [-0.2, -0.15) is 0 Å². The van der Waals surface area contributed by atoms with Crippen molar-refractivity contribution in [2.45, 2.75) is 32.2 Å². The highest BCUT2D eigenvalue weighted by molar-refractivity contribution is 5.92. The van der Waals surface area contributed by atoms with E-state index < -0.39 is 12.0 Å². The molecule has 0 fully saturated rings. The van der Waals surface area contributed by atoms with E-state index in [1.54, 1.807) is 10.6 Å². The van der Waals surface area contributed by atoms with Gasteiger partial charge in [0.15, 0.2) is 0 Å². The molecule has 0 radical (unpaired) electrons. The molecule has 0 aliphatic carbocycles. The molecule has 0 atom stereocenters. The van der Waals surface area contributed by atoms with E-state index >= 15 is 0 Å². The number of carboxylic acids is 1. The number of nitrogens with zero attached hydrogens (tertiary/aromatic N) is 2. The number of aliphatic hydroxyl groups excluding tert-OH is 2. The molecule has 1 heterocycles. The van der Waals surface area contributed by atoms with Gasteiger partial charge in [0.05, 0.1) is 35.9 Å². The lowest BCUT2D eigenvalue weighted by molar-refractivity contribution is 0.0697. The van der Waals surface area contributed by atoms with Gasteiger partial charge in [-0.25, -0.2) is 9.78 Å². The first-order chi connectivity index (χ1) is 9.79. The van der Waals surface area contributed by atoms with Gasteiger partial charge in [0.2, 0.25) is 0 Å². The highest BCUT2D eigenvalue weighted by Crippen LogP contribution is 2.30. The topological polar surface area (TPSA) is 95.6 Å². The van der Waals surface area contributed by atoms with Crippen molar-refractivity contribution < 1.29 is 20.1 Å². The number of fused-ring (bicyclic) bond motifs is 1. The third kappa shape index (κ3) is 2.77. The van der Waals surface area contributed by atoms with Crippen molar-refractivity contribution in [3.05, 3.63) is 29.6 Å². The Kier molecular flexibility index (Phi) is 4.02. The lowest BCUT2D eigenvalue weighted by Gasteiger charge is -2.24. The van der Waals surface area contributed by atoms with Crippen LogP contribution in [-0.4, -0.2) is 44.1 Å². The van der Waals surface area contributed by atoms with E-state index in [4.69, 9.17) is 5.11 Å². The molecule has 0 aliphatic heterocycles. The Morgan fingerprint density at radius 3 is 2.38 bits per heavy atom. The summed E-state index contributed by atoms with van der Waals surface area (Å²) in [5, 5.41) is 28.0. The zero-order chi connectivity index (χ0) is 15.8. The van der Waals surface area contributed by atoms with Crippen LogP contribution in [0, 0.1) is 0 Å². The quantitative estimate of drug-likeness (QED) is 0.794. The van der Waals surface area contributed by atoms with Crippen LogP contribution < -0.4 is 0 Å². The summed E-state index contributed by atoms with van der Waals surface area (Å²) in [4.78, 5) is 15.6. The fourth-order valence-electron chi connectivity index (χ4n) is 2.35. The zero-order valence-corrected chi connectivity index (χ0v) is 12.4. The Labute approximate surface area is 122 Å². The molecule has 0 saturated carbocycles. The van der Waals surface area contributed by atoms with Crippen LogP contribution in [0.3, 0.4) is 0 Å². The number of benzene rings is 1. The van der Waals surface area contributed by atoms with Gasteiger partial charge in [-0.3, -0.25) is 0 Å².